The van der Waals surface area contributed by atoms with Crippen LogP contribution in [0, 0.1) is 6.92 Å². The Bertz CT molecular complexity index is 2500. The molecule has 0 radical (unpaired) electrons. The summed E-state index contributed by atoms with van der Waals surface area (Å²) in [5.74, 6) is 0. The Kier molecular flexibility index (Phi) is 8.00. The average Bonchev–Trinajstić information content (AvgIpc) is 3.12. The fraction of sp³-hybridized carbons (Fsp3) is 0.167. The van der Waals surface area contributed by atoms with E-state index in [2.05, 4.69) is 203 Å². The fourth-order valence-corrected chi connectivity index (χ4v) is 9.32. The molecule has 0 spiro atoms. The number of nitrogens with one attached hydrogen (secondary N) is 1. The van der Waals surface area contributed by atoms with Crippen LogP contribution in [0.5, 0.6) is 0 Å². The Balaban J connectivity index is 1.45. The lowest BCUT2D eigenvalue weighted by Gasteiger charge is -2.31. The summed E-state index contributed by atoms with van der Waals surface area (Å²) in [5, 5.41) is 13.0. The minimum absolute atomic E-state index is 0.0520. The minimum atomic E-state index is -1.60. The van der Waals surface area contributed by atoms with Crippen LogP contribution >= 0.6 is 0 Å². The molecule has 8 aromatic rings. The van der Waals surface area contributed by atoms with E-state index < -0.39 is 8.07 Å². The van der Waals surface area contributed by atoms with Gasteiger partial charge in [0.25, 0.3) is 0 Å². The van der Waals surface area contributed by atoms with E-state index in [4.69, 9.17) is 0 Å². The molecular formula is C48H46N2Si. The van der Waals surface area contributed by atoms with Crippen LogP contribution in [0.2, 0.25) is 19.6 Å². The quantitative estimate of drug-likeness (QED) is 0.133. The van der Waals surface area contributed by atoms with Gasteiger partial charge in [0, 0.05) is 38.9 Å². The van der Waals surface area contributed by atoms with Gasteiger partial charge in [0.05, 0.1) is 13.8 Å². The van der Waals surface area contributed by atoms with Gasteiger partial charge in [-0.2, -0.15) is 0 Å². The molecule has 0 aromatic heterocycles. The molecule has 0 amide bonds. The van der Waals surface area contributed by atoms with E-state index in [1.165, 1.54) is 65.4 Å². The standard InChI is InChI=1S/C48H46N2Si/c1-32-22-23-33(39-20-14-15-21-45(39)51(5,6)7)30-43(32)50(38-18-12-9-13-19-38)44-31-42(49-37-16-10-8-11-17-37)40-26-24-34-28-36(48(2,3)4)29-35-25-27-41(44)47(40)46(34)35/h8-31,49H,1-7H3. The van der Waals surface area contributed by atoms with Gasteiger partial charge in [-0.3, -0.25) is 0 Å². The predicted molar refractivity (Wildman–Crippen MR) is 226 cm³/mol. The summed E-state index contributed by atoms with van der Waals surface area (Å²) in [6, 6.07) is 53.9. The number of hydrogen-bond acceptors (Lipinski definition) is 2. The molecule has 0 bridgehead atoms. The molecule has 1 N–H and O–H groups in total. The van der Waals surface area contributed by atoms with E-state index in [1.54, 1.807) is 0 Å². The van der Waals surface area contributed by atoms with Crippen molar-refractivity contribution in [1.29, 1.82) is 0 Å². The Morgan fingerprint density at radius 3 is 1.86 bits per heavy atom. The molecule has 0 atom stereocenters. The summed E-state index contributed by atoms with van der Waals surface area (Å²) < 4.78 is 0. The van der Waals surface area contributed by atoms with Crippen molar-refractivity contribution in [2.45, 2.75) is 52.8 Å². The number of rotatable bonds is 7. The fourth-order valence-electron chi connectivity index (χ4n) is 7.69. The zero-order valence-corrected chi connectivity index (χ0v) is 31.8. The van der Waals surface area contributed by atoms with Gasteiger partial charge in [-0.25, -0.2) is 0 Å². The van der Waals surface area contributed by atoms with E-state index in [9.17, 15) is 0 Å². The molecule has 0 aliphatic heterocycles. The van der Waals surface area contributed by atoms with Crippen LogP contribution < -0.4 is 15.4 Å². The van der Waals surface area contributed by atoms with Crippen molar-refractivity contribution in [1.82, 2.24) is 0 Å². The van der Waals surface area contributed by atoms with Crippen LogP contribution in [-0.2, 0) is 5.41 Å². The molecule has 0 saturated heterocycles. The Morgan fingerprint density at radius 2 is 1.20 bits per heavy atom. The van der Waals surface area contributed by atoms with Gasteiger partial charge >= 0.3 is 0 Å². The SMILES string of the molecule is Cc1ccc(-c2ccccc2[Si](C)(C)C)cc1N(c1ccccc1)c1cc(Nc2ccccc2)c2ccc3cc(C(C)(C)C)cc4ccc1c2c34. The number of hydrogen-bond donors (Lipinski definition) is 1. The molecule has 8 rings (SSSR count). The van der Waals surface area contributed by atoms with Gasteiger partial charge in [0.1, 0.15) is 0 Å². The van der Waals surface area contributed by atoms with Crippen LogP contribution in [0.25, 0.3) is 43.4 Å². The molecule has 0 aliphatic carbocycles. The van der Waals surface area contributed by atoms with Crippen molar-refractivity contribution in [2.24, 2.45) is 0 Å². The van der Waals surface area contributed by atoms with Gasteiger partial charge in [0.2, 0.25) is 0 Å². The largest absolute Gasteiger partial charge is 0.355 e. The molecule has 51 heavy (non-hydrogen) atoms. The van der Waals surface area contributed by atoms with Crippen molar-refractivity contribution < 1.29 is 0 Å². The topological polar surface area (TPSA) is 15.3 Å². The van der Waals surface area contributed by atoms with Crippen molar-refractivity contribution in [3.63, 3.8) is 0 Å². The predicted octanol–water partition coefficient (Wildman–Crippen LogP) is 13.6. The zero-order chi connectivity index (χ0) is 35.5. The van der Waals surface area contributed by atoms with Crippen molar-refractivity contribution >= 4 is 74.0 Å². The lowest BCUT2D eigenvalue weighted by Crippen LogP contribution is -2.38. The smallest absolute Gasteiger partial charge is 0.0784 e. The van der Waals surface area contributed by atoms with E-state index >= 15 is 0 Å². The molecule has 0 saturated carbocycles. The molecule has 8 aromatic carbocycles. The molecule has 0 heterocycles. The number of aryl methyl sites for hydroxylation is 1. The number of anilines is 5. The molecular weight excluding hydrogens is 633 g/mol. The highest BCUT2D eigenvalue weighted by molar-refractivity contribution is 6.89. The molecule has 0 aliphatic rings. The summed E-state index contributed by atoms with van der Waals surface area (Å²) in [4.78, 5) is 2.48. The Morgan fingerprint density at radius 1 is 0.569 bits per heavy atom. The van der Waals surface area contributed by atoms with Crippen LogP contribution in [-0.4, -0.2) is 8.07 Å². The molecule has 0 fully saturated rings. The van der Waals surface area contributed by atoms with E-state index in [0.29, 0.717) is 0 Å². The molecule has 2 nitrogen and oxygen atoms in total. The summed E-state index contributed by atoms with van der Waals surface area (Å²) in [6.07, 6.45) is 0. The first-order chi connectivity index (χ1) is 24.5. The van der Waals surface area contributed by atoms with Gasteiger partial charge in [-0.1, -0.05) is 155 Å². The lowest BCUT2D eigenvalue weighted by atomic mass is 9.83. The molecule has 3 heteroatoms. The maximum Gasteiger partial charge on any atom is 0.0784 e. The first kappa shape index (κ1) is 32.8. The van der Waals surface area contributed by atoms with Crippen LogP contribution in [0.1, 0.15) is 31.9 Å². The second kappa shape index (κ2) is 12.4. The van der Waals surface area contributed by atoms with Gasteiger partial charge in [-0.05, 0) is 87.1 Å². The second-order valence-corrected chi connectivity index (χ2v) is 21.1. The van der Waals surface area contributed by atoms with Crippen molar-refractivity contribution in [3.05, 3.63) is 157 Å². The highest BCUT2D eigenvalue weighted by Crippen LogP contribution is 2.48. The van der Waals surface area contributed by atoms with Gasteiger partial charge in [-0.15, -0.1) is 0 Å². The normalized spacial score (nSPS) is 12.2. The van der Waals surface area contributed by atoms with E-state index in [-0.39, 0.29) is 5.41 Å². The first-order valence-electron chi connectivity index (χ1n) is 18.1. The zero-order valence-electron chi connectivity index (χ0n) is 30.8. The third kappa shape index (κ3) is 5.96. The minimum Gasteiger partial charge on any atom is -0.355 e. The number of nitrogens with zero attached hydrogens (tertiary/aromatic N) is 1. The van der Waals surface area contributed by atoms with E-state index in [0.717, 1.165) is 22.7 Å². The van der Waals surface area contributed by atoms with Crippen molar-refractivity contribution in [3.8, 4) is 11.1 Å². The number of benzene rings is 8. The monoisotopic (exact) mass is 678 g/mol. The maximum atomic E-state index is 3.85. The van der Waals surface area contributed by atoms with Gasteiger partial charge < -0.3 is 10.2 Å². The van der Waals surface area contributed by atoms with Crippen LogP contribution in [0.4, 0.5) is 28.4 Å². The first-order valence-corrected chi connectivity index (χ1v) is 21.6. The van der Waals surface area contributed by atoms with E-state index in [1.807, 2.05) is 0 Å². The van der Waals surface area contributed by atoms with Crippen molar-refractivity contribution in [2.75, 3.05) is 10.2 Å². The second-order valence-electron chi connectivity index (χ2n) is 16.1. The average molecular weight is 679 g/mol. The highest BCUT2D eigenvalue weighted by Gasteiger charge is 2.25. The summed E-state index contributed by atoms with van der Waals surface area (Å²) in [7, 11) is -1.60. The summed E-state index contributed by atoms with van der Waals surface area (Å²) in [6.45, 7) is 16.5. The summed E-state index contributed by atoms with van der Waals surface area (Å²) >= 11 is 0. The number of para-hydroxylation sites is 2. The molecule has 252 valence electrons. The molecule has 0 unspecified atom stereocenters. The Labute approximate surface area is 303 Å². The lowest BCUT2D eigenvalue weighted by molar-refractivity contribution is 0.591. The third-order valence-corrected chi connectivity index (χ3v) is 12.4. The third-order valence-electron chi connectivity index (χ3n) is 10.4. The Hall–Kier alpha value is -5.38. The summed E-state index contributed by atoms with van der Waals surface area (Å²) in [5.41, 5.74) is 10.9. The highest BCUT2D eigenvalue weighted by atomic mass is 28.3. The van der Waals surface area contributed by atoms with Crippen LogP contribution in [0.3, 0.4) is 0 Å². The van der Waals surface area contributed by atoms with Gasteiger partial charge in [0.15, 0.2) is 0 Å². The maximum absolute atomic E-state index is 3.85. The van der Waals surface area contributed by atoms with Crippen LogP contribution in [0.15, 0.2) is 146 Å².